The molecule has 0 aromatic carbocycles. The molecule has 2 rings (SSSR count). The predicted molar refractivity (Wildman–Crippen MR) is 401 cm³/mol. The minimum absolute atomic E-state index is 0.249. The van der Waals surface area contributed by atoms with Gasteiger partial charge in [0.05, 0.1) is 32.0 Å². The topological polar surface area (TPSA) is 228 Å². The Morgan fingerprint density at radius 2 is 0.691 bits per heavy atom. The second kappa shape index (κ2) is 66.7. The van der Waals surface area contributed by atoms with Crippen LogP contribution in [0.2, 0.25) is 0 Å². The summed E-state index contributed by atoms with van der Waals surface area (Å²) in [7, 11) is 0. The number of amides is 1. The van der Waals surface area contributed by atoms with Gasteiger partial charge in [-0.15, -0.1) is 0 Å². The van der Waals surface area contributed by atoms with E-state index in [-0.39, 0.29) is 18.9 Å². The summed E-state index contributed by atoms with van der Waals surface area (Å²) in [5.41, 5.74) is 0. The zero-order valence-electron chi connectivity index (χ0n) is 62.1. The summed E-state index contributed by atoms with van der Waals surface area (Å²) in [5, 5.41) is 87.7. The average molecular weight is 1370 g/mol. The van der Waals surface area contributed by atoms with Crippen LogP contribution in [0, 0.1) is 0 Å². The first-order valence-corrected chi connectivity index (χ1v) is 40.7. The summed E-state index contributed by atoms with van der Waals surface area (Å²) in [6.45, 7) is 2.81. The summed E-state index contributed by atoms with van der Waals surface area (Å²) >= 11 is 0. The van der Waals surface area contributed by atoms with Crippen molar-refractivity contribution >= 4 is 5.91 Å². The highest BCUT2D eigenvalue weighted by Crippen LogP contribution is 2.30. The molecule has 0 saturated carbocycles. The number of hydrogen-bond donors (Lipinski definition) is 9. The number of aliphatic hydroxyl groups excluding tert-OH is 8. The quantitative estimate of drug-likeness (QED) is 0.0204. The van der Waals surface area contributed by atoms with Crippen molar-refractivity contribution in [2.75, 3.05) is 19.8 Å². The van der Waals surface area contributed by atoms with E-state index >= 15 is 0 Å². The molecule has 566 valence electrons. The molecule has 12 atom stereocenters. The van der Waals surface area contributed by atoms with Crippen molar-refractivity contribution in [2.45, 2.75) is 428 Å². The molecule has 0 aliphatic carbocycles. The summed E-state index contributed by atoms with van der Waals surface area (Å²) in [6.07, 6.45) is 75.6. The van der Waals surface area contributed by atoms with E-state index in [9.17, 15) is 45.6 Å². The van der Waals surface area contributed by atoms with E-state index in [1.54, 1.807) is 6.08 Å². The summed E-state index contributed by atoms with van der Waals surface area (Å²) in [6, 6.07) is -0.942. The number of ether oxygens (including phenoxy) is 4. The summed E-state index contributed by atoms with van der Waals surface area (Å²) < 4.78 is 22.9. The van der Waals surface area contributed by atoms with Crippen molar-refractivity contribution in [3.63, 3.8) is 0 Å². The van der Waals surface area contributed by atoms with Crippen LogP contribution in [0.3, 0.4) is 0 Å². The van der Waals surface area contributed by atoms with Crippen molar-refractivity contribution in [1.82, 2.24) is 5.32 Å². The van der Waals surface area contributed by atoms with E-state index < -0.39 is 86.8 Å². The molecule has 0 aromatic heterocycles. The molecule has 2 aliphatic rings. The third-order valence-corrected chi connectivity index (χ3v) is 19.6. The standard InChI is InChI=1S/C83H151NO13/c1-3-5-7-9-11-13-15-17-19-21-23-25-27-29-31-33-35-36-37-39-41-43-45-47-49-51-53-55-57-59-61-63-65-67-75(88)84-71(70-94-82-80(93)78(91)81(74(69-86)96-82)97-83-79(92)77(90)76(89)73(68-85)95-83)72(87)66-64-62-60-58-56-54-52-50-48-46-44-42-40-38-34-32-30-28-26-24-22-20-18-16-14-12-10-8-6-4-2/h15,17,21,23,27,29,48,50,56,58,64,66,71-74,76-83,85-87,89-93H,3-14,16,18-20,22,24-26,28,30-47,49,51-55,57,59-63,65,67-70H2,1-2H3,(H,84,88)/b17-15-,23-21-,29-27-,50-48+,58-56+,66-64+. The molecular formula is C83H151NO13. The third kappa shape index (κ3) is 49.6. The monoisotopic (exact) mass is 1370 g/mol. The van der Waals surface area contributed by atoms with Gasteiger partial charge in [-0.2, -0.15) is 0 Å². The predicted octanol–water partition coefficient (Wildman–Crippen LogP) is 18.5. The molecule has 14 heteroatoms. The van der Waals surface area contributed by atoms with Crippen LogP contribution in [-0.2, 0) is 23.7 Å². The van der Waals surface area contributed by atoms with Crippen LogP contribution in [0.25, 0.3) is 0 Å². The Morgan fingerprint density at radius 1 is 0.371 bits per heavy atom. The first-order chi connectivity index (χ1) is 47.6. The molecule has 9 N–H and O–H groups in total. The number of allylic oxidation sites excluding steroid dienone is 11. The lowest BCUT2D eigenvalue weighted by Gasteiger charge is -2.46. The van der Waals surface area contributed by atoms with Crippen LogP contribution in [0.15, 0.2) is 72.9 Å². The molecule has 12 unspecified atom stereocenters. The largest absolute Gasteiger partial charge is 0.394 e. The van der Waals surface area contributed by atoms with Gasteiger partial charge in [0.15, 0.2) is 12.6 Å². The van der Waals surface area contributed by atoms with Crippen LogP contribution in [-0.4, -0.2) is 140 Å². The summed E-state index contributed by atoms with van der Waals surface area (Å²) in [4.78, 5) is 13.4. The van der Waals surface area contributed by atoms with Crippen LogP contribution in [0.5, 0.6) is 0 Å². The van der Waals surface area contributed by atoms with Crippen molar-refractivity contribution in [1.29, 1.82) is 0 Å². The van der Waals surface area contributed by atoms with Crippen molar-refractivity contribution in [3.05, 3.63) is 72.9 Å². The maximum atomic E-state index is 13.4. The van der Waals surface area contributed by atoms with E-state index in [0.717, 1.165) is 57.8 Å². The average Bonchev–Trinajstić information content (AvgIpc) is 0.794. The molecule has 0 aromatic rings. The van der Waals surface area contributed by atoms with Gasteiger partial charge in [-0.3, -0.25) is 4.79 Å². The fraction of sp³-hybridized carbons (Fsp3) is 0.843. The number of nitrogens with one attached hydrogen (secondary N) is 1. The van der Waals surface area contributed by atoms with Gasteiger partial charge in [-0.1, -0.05) is 337 Å². The lowest BCUT2D eigenvalue weighted by Crippen LogP contribution is -2.65. The molecule has 0 bridgehead atoms. The number of aliphatic hydroxyl groups is 8. The maximum Gasteiger partial charge on any atom is 0.220 e. The van der Waals surface area contributed by atoms with Gasteiger partial charge in [0.25, 0.3) is 0 Å². The molecule has 0 radical (unpaired) electrons. The lowest BCUT2D eigenvalue weighted by atomic mass is 9.97. The maximum absolute atomic E-state index is 13.4. The molecule has 2 saturated heterocycles. The molecule has 2 aliphatic heterocycles. The molecule has 0 spiro atoms. The van der Waals surface area contributed by atoms with Crippen molar-refractivity contribution in [2.24, 2.45) is 0 Å². The highest BCUT2D eigenvalue weighted by molar-refractivity contribution is 5.76. The van der Waals surface area contributed by atoms with Crippen molar-refractivity contribution in [3.8, 4) is 0 Å². The van der Waals surface area contributed by atoms with Gasteiger partial charge in [-0.25, -0.2) is 0 Å². The minimum atomic E-state index is -1.80. The van der Waals surface area contributed by atoms with Crippen molar-refractivity contribution < 1.29 is 64.6 Å². The Balaban J connectivity index is 1.64. The summed E-state index contributed by atoms with van der Waals surface area (Å²) in [5.74, 6) is -0.249. The SMILES string of the molecule is CCCCCCC/C=C\C/C=C\C/C=C\CCCCCCCCCCCCCCCCCCCCC(=O)NC(COC1OC(CO)C(OC2OC(CO)C(O)C(O)C2O)C(O)C1O)C(O)/C=C/CC/C=C/CC/C=C/CCCCCCCCCCCCCCCCCCCCCC. The first kappa shape index (κ1) is 90.5. The number of carbonyl (C=O) groups excluding carboxylic acids is 1. The molecule has 2 heterocycles. The number of carbonyl (C=O) groups is 1. The van der Waals surface area contributed by atoms with Crippen LogP contribution < -0.4 is 5.32 Å². The van der Waals surface area contributed by atoms with Crippen LogP contribution in [0.1, 0.15) is 354 Å². The molecule has 14 nitrogen and oxygen atoms in total. The highest BCUT2D eigenvalue weighted by Gasteiger charge is 2.51. The number of unbranched alkanes of at least 4 members (excludes halogenated alkanes) is 45. The molecule has 2 fully saturated rings. The minimum Gasteiger partial charge on any atom is -0.394 e. The number of rotatable bonds is 68. The Kier molecular flexibility index (Phi) is 62.2. The fourth-order valence-corrected chi connectivity index (χ4v) is 13.2. The first-order valence-electron chi connectivity index (χ1n) is 40.7. The van der Waals surface area contributed by atoms with Crippen LogP contribution in [0.4, 0.5) is 0 Å². The number of hydrogen-bond acceptors (Lipinski definition) is 13. The molecule has 1 amide bonds. The lowest BCUT2D eigenvalue weighted by molar-refractivity contribution is -0.359. The Bertz CT molecular complexity index is 1910. The molecule has 97 heavy (non-hydrogen) atoms. The van der Waals surface area contributed by atoms with Gasteiger partial charge in [0, 0.05) is 6.42 Å². The van der Waals surface area contributed by atoms with E-state index in [1.165, 1.54) is 263 Å². The Labute approximate surface area is 593 Å². The van der Waals surface area contributed by atoms with Gasteiger partial charge < -0.3 is 65.1 Å². The van der Waals surface area contributed by atoms with E-state index in [1.807, 2.05) is 6.08 Å². The fourth-order valence-electron chi connectivity index (χ4n) is 13.2. The third-order valence-electron chi connectivity index (χ3n) is 19.6. The Hall–Kier alpha value is -2.57. The Morgan fingerprint density at radius 3 is 1.08 bits per heavy atom. The smallest absolute Gasteiger partial charge is 0.220 e. The second-order valence-electron chi connectivity index (χ2n) is 28.5. The van der Waals surface area contributed by atoms with Crippen LogP contribution >= 0.6 is 0 Å². The van der Waals surface area contributed by atoms with E-state index in [0.29, 0.717) is 12.8 Å². The molecular weight excluding hydrogens is 1220 g/mol. The van der Waals surface area contributed by atoms with E-state index in [2.05, 4.69) is 79.9 Å². The highest BCUT2D eigenvalue weighted by atomic mass is 16.7. The van der Waals surface area contributed by atoms with Gasteiger partial charge in [-0.05, 0) is 83.5 Å². The second-order valence-corrected chi connectivity index (χ2v) is 28.5. The van der Waals surface area contributed by atoms with Gasteiger partial charge >= 0.3 is 0 Å². The van der Waals surface area contributed by atoms with Gasteiger partial charge in [0.1, 0.15) is 48.8 Å². The zero-order valence-corrected chi connectivity index (χ0v) is 62.1. The van der Waals surface area contributed by atoms with E-state index in [4.69, 9.17) is 18.9 Å². The van der Waals surface area contributed by atoms with Gasteiger partial charge in [0.2, 0.25) is 5.91 Å². The normalized spacial score (nSPS) is 22.5. The zero-order chi connectivity index (χ0) is 70.1.